The molecule has 0 unspecified atom stereocenters. The number of hydrogen-bond acceptors (Lipinski definition) is 3. The Balaban J connectivity index is 2.12. The van der Waals surface area contributed by atoms with Gasteiger partial charge in [-0.1, -0.05) is 12.1 Å². The topological polar surface area (TPSA) is 43.8 Å². The van der Waals surface area contributed by atoms with Crippen molar-refractivity contribution < 1.29 is 0 Å². The highest BCUT2D eigenvalue weighted by Crippen LogP contribution is 2.30. The zero-order valence-electron chi connectivity index (χ0n) is 9.77. The fourth-order valence-electron chi connectivity index (χ4n) is 1.58. The number of thioether (sulfide) groups is 1. The van der Waals surface area contributed by atoms with Gasteiger partial charge in [-0.15, -0.1) is 11.8 Å². The number of anilines is 1. The third kappa shape index (κ3) is 2.84. The smallest absolute Gasteiger partial charge is 0.0942 e. The van der Waals surface area contributed by atoms with Crippen LogP contribution in [-0.4, -0.2) is 9.78 Å². The molecule has 0 bridgehead atoms. The van der Waals surface area contributed by atoms with E-state index < -0.39 is 0 Å². The van der Waals surface area contributed by atoms with Crippen LogP contribution in [0.25, 0.3) is 0 Å². The van der Waals surface area contributed by atoms with Gasteiger partial charge in [0.1, 0.15) is 0 Å². The van der Waals surface area contributed by atoms with E-state index in [2.05, 4.69) is 33.2 Å². The lowest BCUT2D eigenvalue weighted by Gasteiger charge is -2.06. The van der Waals surface area contributed by atoms with Gasteiger partial charge in [0.05, 0.1) is 10.7 Å². The number of benzene rings is 1. The van der Waals surface area contributed by atoms with Crippen LogP contribution in [0.5, 0.6) is 0 Å². The van der Waals surface area contributed by atoms with Crippen LogP contribution in [0.1, 0.15) is 11.3 Å². The van der Waals surface area contributed by atoms with Gasteiger partial charge in [0, 0.05) is 23.0 Å². The molecule has 0 fully saturated rings. The molecule has 1 aromatic carbocycles. The number of hydrogen-bond donors (Lipinski definition) is 1. The maximum atomic E-state index is 5.85. The highest BCUT2D eigenvalue weighted by atomic mass is 79.9. The quantitative estimate of drug-likeness (QED) is 0.698. The molecule has 0 atom stereocenters. The van der Waals surface area contributed by atoms with Gasteiger partial charge >= 0.3 is 0 Å². The number of nitrogens with two attached hydrogens (primary N) is 1. The maximum absolute atomic E-state index is 5.85. The summed E-state index contributed by atoms with van der Waals surface area (Å²) in [6.45, 7) is 2.00. The molecule has 2 N–H and O–H groups in total. The van der Waals surface area contributed by atoms with E-state index in [9.17, 15) is 0 Å². The van der Waals surface area contributed by atoms with Crippen molar-refractivity contribution in [3.8, 4) is 0 Å². The molecule has 0 radical (unpaired) electrons. The monoisotopic (exact) mass is 311 g/mol. The van der Waals surface area contributed by atoms with Crippen LogP contribution in [0.15, 0.2) is 33.8 Å². The Bertz CT molecular complexity index is 537. The average Bonchev–Trinajstić information content (AvgIpc) is 2.60. The van der Waals surface area contributed by atoms with Gasteiger partial charge in [-0.2, -0.15) is 5.10 Å². The Labute approximate surface area is 114 Å². The molecule has 0 saturated heterocycles. The molecule has 2 rings (SSSR count). The summed E-state index contributed by atoms with van der Waals surface area (Å²) in [7, 11) is 1.96. The van der Waals surface area contributed by atoms with Crippen LogP contribution in [0, 0.1) is 6.92 Å². The Morgan fingerprint density at radius 1 is 1.47 bits per heavy atom. The zero-order chi connectivity index (χ0) is 12.4. The molecule has 0 aliphatic rings. The lowest BCUT2D eigenvalue weighted by Crippen LogP contribution is -1.94. The van der Waals surface area contributed by atoms with Gasteiger partial charge in [0.2, 0.25) is 0 Å². The summed E-state index contributed by atoms with van der Waals surface area (Å²) in [4.78, 5) is 0. The molecule has 90 valence electrons. The van der Waals surface area contributed by atoms with E-state index in [1.54, 1.807) is 11.8 Å². The first-order valence-corrected chi connectivity index (χ1v) is 7.02. The highest BCUT2D eigenvalue weighted by molar-refractivity contribution is 9.10. The van der Waals surface area contributed by atoms with Crippen molar-refractivity contribution in [3.05, 3.63) is 40.0 Å². The van der Waals surface area contributed by atoms with Crippen molar-refractivity contribution in [2.75, 3.05) is 5.73 Å². The third-order valence-electron chi connectivity index (χ3n) is 2.44. The van der Waals surface area contributed by atoms with Crippen LogP contribution in [-0.2, 0) is 12.8 Å². The summed E-state index contributed by atoms with van der Waals surface area (Å²) in [5, 5.41) is 5.49. The van der Waals surface area contributed by atoms with Gasteiger partial charge in [0.15, 0.2) is 0 Å². The summed E-state index contributed by atoms with van der Waals surface area (Å²) in [6, 6.07) is 8.04. The Morgan fingerprint density at radius 3 is 2.88 bits per heavy atom. The minimum atomic E-state index is 0.782. The Morgan fingerprint density at radius 2 is 2.24 bits per heavy atom. The average molecular weight is 312 g/mol. The second-order valence-corrected chi connectivity index (χ2v) is 5.65. The lowest BCUT2D eigenvalue weighted by molar-refractivity contribution is 0.692. The van der Waals surface area contributed by atoms with Crippen molar-refractivity contribution in [2.45, 2.75) is 17.7 Å². The summed E-state index contributed by atoms with van der Waals surface area (Å²) >= 11 is 5.28. The summed E-state index contributed by atoms with van der Waals surface area (Å²) in [5.74, 6) is 0.880. The minimum Gasteiger partial charge on any atom is -0.398 e. The number of rotatable bonds is 3. The van der Waals surface area contributed by atoms with Crippen LogP contribution in [0.3, 0.4) is 0 Å². The SMILES string of the molecule is Cc1cc(SCc2cccc(N)c2Br)n(C)n1. The van der Waals surface area contributed by atoms with Crippen LogP contribution < -0.4 is 5.73 Å². The lowest BCUT2D eigenvalue weighted by atomic mass is 10.2. The predicted molar refractivity (Wildman–Crippen MR) is 76.1 cm³/mol. The van der Waals surface area contributed by atoms with Gasteiger partial charge in [-0.05, 0) is 40.5 Å². The molecule has 0 aliphatic heterocycles. The fraction of sp³-hybridized carbons (Fsp3) is 0.250. The molecule has 1 heterocycles. The van der Waals surface area contributed by atoms with Gasteiger partial charge in [-0.25, -0.2) is 0 Å². The summed E-state index contributed by atoms with van der Waals surface area (Å²) in [5.41, 5.74) is 8.88. The number of nitrogen functional groups attached to an aromatic ring is 1. The van der Waals surface area contributed by atoms with E-state index in [0.29, 0.717) is 0 Å². The second kappa shape index (κ2) is 5.14. The molecule has 3 nitrogen and oxygen atoms in total. The van der Waals surface area contributed by atoms with Gasteiger partial charge in [0.25, 0.3) is 0 Å². The summed E-state index contributed by atoms with van der Waals surface area (Å²) in [6.07, 6.45) is 0. The summed E-state index contributed by atoms with van der Waals surface area (Å²) < 4.78 is 2.90. The molecule has 0 aliphatic carbocycles. The van der Waals surface area contributed by atoms with Crippen LogP contribution >= 0.6 is 27.7 Å². The highest BCUT2D eigenvalue weighted by Gasteiger charge is 2.06. The predicted octanol–water partition coefficient (Wildman–Crippen LogP) is 3.37. The van der Waals surface area contributed by atoms with Gasteiger partial charge < -0.3 is 5.73 Å². The van der Waals surface area contributed by atoms with Crippen molar-refractivity contribution in [3.63, 3.8) is 0 Å². The molecule has 17 heavy (non-hydrogen) atoms. The first-order chi connectivity index (χ1) is 8.08. The van der Waals surface area contributed by atoms with Crippen LogP contribution in [0.2, 0.25) is 0 Å². The van der Waals surface area contributed by atoms with Crippen molar-refractivity contribution in [2.24, 2.45) is 7.05 Å². The molecule has 2 aromatic rings. The molecular formula is C12H14BrN3S. The number of nitrogens with zero attached hydrogens (tertiary/aromatic N) is 2. The Kier molecular flexibility index (Phi) is 3.79. The molecule has 0 amide bonds. The molecule has 5 heteroatoms. The van der Waals surface area contributed by atoms with Crippen LogP contribution in [0.4, 0.5) is 5.69 Å². The van der Waals surface area contributed by atoms with Crippen molar-refractivity contribution in [1.82, 2.24) is 9.78 Å². The Hall–Kier alpha value is -0.940. The largest absolute Gasteiger partial charge is 0.398 e. The third-order valence-corrected chi connectivity index (χ3v) is 4.54. The number of halogens is 1. The number of aromatic nitrogens is 2. The van der Waals surface area contributed by atoms with E-state index in [1.807, 2.05) is 30.8 Å². The standard InChI is InChI=1S/C12H14BrN3S/c1-8-6-11(16(2)15-8)17-7-9-4-3-5-10(14)12(9)13/h3-6H,7,14H2,1-2H3. The van der Waals surface area contributed by atoms with E-state index >= 15 is 0 Å². The maximum Gasteiger partial charge on any atom is 0.0942 e. The first-order valence-electron chi connectivity index (χ1n) is 5.24. The second-order valence-electron chi connectivity index (χ2n) is 3.86. The molecule has 0 saturated carbocycles. The minimum absolute atomic E-state index is 0.782. The zero-order valence-corrected chi connectivity index (χ0v) is 12.2. The first kappa shape index (κ1) is 12.5. The molecule has 0 spiro atoms. The van der Waals surface area contributed by atoms with E-state index in [-0.39, 0.29) is 0 Å². The molecular weight excluding hydrogens is 298 g/mol. The normalized spacial score (nSPS) is 10.8. The van der Waals surface area contributed by atoms with Crippen molar-refractivity contribution >= 4 is 33.4 Å². The fourth-order valence-corrected chi connectivity index (χ4v) is 3.20. The van der Waals surface area contributed by atoms with E-state index in [1.165, 1.54) is 5.56 Å². The van der Waals surface area contributed by atoms with E-state index in [4.69, 9.17) is 5.73 Å². The van der Waals surface area contributed by atoms with E-state index in [0.717, 1.165) is 26.6 Å². The molecule has 1 aromatic heterocycles. The van der Waals surface area contributed by atoms with Gasteiger partial charge in [-0.3, -0.25) is 4.68 Å². The number of aryl methyl sites for hydroxylation is 2. The van der Waals surface area contributed by atoms with Crippen molar-refractivity contribution in [1.29, 1.82) is 0 Å².